The molecule has 0 saturated carbocycles. The first-order chi connectivity index (χ1) is 12.1. The van der Waals surface area contributed by atoms with Crippen LogP contribution in [0.5, 0.6) is 0 Å². The molecule has 0 radical (unpaired) electrons. The van der Waals surface area contributed by atoms with Crippen LogP contribution in [0.2, 0.25) is 0 Å². The van der Waals surface area contributed by atoms with Crippen LogP contribution in [0, 0.1) is 13.8 Å². The second-order valence-corrected chi connectivity index (χ2v) is 6.29. The summed E-state index contributed by atoms with van der Waals surface area (Å²) < 4.78 is 5.43. The topological polar surface area (TPSA) is 58.4 Å². The van der Waals surface area contributed by atoms with Gasteiger partial charge in [0.05, 0.1) is 24.1 Å². The van der Waals surface area contributed by atoms with E-state index in [1.165, 1.54) is 11.1 Å². The largest absolute Gasteiger partial charge is 0.467 e. The molecule has 5 heteroatoms. The van der Waals surface area contributed by atoms with E-state index in [9.17, 15) is 4.79 Å². The predicted molar refractivity (Wildman–Crippen MR) is 95.1 cm³/mol. The highest BCUT2D eigenvalue weighted by molar-refractivity contribution is 5.98. The Hall–Kier alpha value is -3.08. The van der Waals surface area contributed by atoms with E-state index in [0.29, 0.717) is 12.1 Å². The summed E-state index contributed by atoms with van der Waals surface area (Å²) in [6.45, 7) is 4.55. The van der Waals surface area contributed by atoms with Crippen molar-refractivity contribution in [2.45, 2.75) is 26.6 Å². The molecule has 0 saturated heterocycles. The highest BCUT2D eigenvalue weighted by atomic mass is 16.3. The molecule has 1 aliphatic rings. The number of pyridine rings is 1. The van der Waals surface area contributed by atoms with E-state index < -0.39 is 0 Å². The summed E-state index contributed by atoms with van der Waals surface area (Å²) in [6, 6.07) is 13.5. The maximum Gasteiger partial charge on any atom is 0.258 e. The Labute approximate surface area is 146 Å². The van der Waals surface area contributed by atoms with Crippen molar-refractivity contribution >= 4 is 11.6 Å². The van der Waals surface area contributed by atoms with Crippen molar-refractivity contribution in [2.75, 3.05) is 5.32 Å². The van der Waals surface area contributed by atoms with E-state index >= 15 is 0 Å². The van der Waals surface area contributed by atoms with Crippen LogP contribution in [-0.4, -0.2) is 15.8 Å². The summed E-state index contributed by atoms with van der Waals surface area (Å²) in [5.74, 6) is 0.703. The van der Waals surface area contributed by atoms with Crippen LogP contribution in [0.25, 0.3) is 0 Å². The molecule has 3 heterocycles. The monoisotopic (exact) mass is 333 g/mol. The van der Waals surface area contributed by atoms with Crippen molar-refractivity contribution in [3.63, 3.8) is 0 Å². The lowest BCUT2D eigenvalue weighted by atomic mass is 10.1. The van der Waals surface area contributed by atoms with E-state index in [1.54, 1.807) is 23.4 Å². The number of aryl methyl sites for hydroxylation is 2. The highest BCUT2D eigenvalue weighted by Gasteiger charge is 2.38. The first-order valence-electron chi connectivity index (χ1n) is 8.25. The van der Waals surface area contributed by atoms with Crippen LogP contribution in [0.4, 0.5) is 5.69 Å². The molecular weight excluding hydrogens is 314 g/mol. The number of rotatable bonds is 4. The fraction of sp³-hybridized carbons (Fsp3) is 0.200. The molecule has 3 aromatic rings. The molecule has 0 aliphatic carbocycles. The van der Waals surface area contributed by atoms with Crippen LogP contribution in [-0.2, 0) is 6.54 Å². The molecule has 25 heavy (non-hydrogen) atoms. The van der Waals surface area contributed by atoms with Gasteiger partial charge in [-0.1, -0.05) is 6.07 Å². The summed E-state index contributed by atoms with van der Waals surface area (Å²) in [7, 11) is 0. The molecule has 1 amide bonds. The van der Waals surface area contributed by atoms with Crippen LogP contribution in [0.1, 0.15) is 39.1 Å². The average Bonchev–Trinajstić information content (AvgIpc) is 3.21. The quantitative estimate of drug-likeness (QED) is 0.782. The Balaban J connectivity index is 1.70. The number of aromatic nitrogens is 1. The smallest absolute Gasteiger partial charge is 0.258 e. The van der Waals surface area contributed by atoms with Crippen LogP contribution >= 0.6 is 0 Å². The van der Waals surface area contributed by atoms with E-state index in [-0.39, 0.29) is 12.1 Å². The minimum Gasteiger partial charge on any atom is -0.467 e. The summed E-state index contributed by atoms with van der Waals surface area (Å²) in [6.07, 6.45) is 3.01. The minimum atomic E-state index is -0.323. The average molecular weight is 333 g/mol. The number of fused-ring (bicyclic) bond motifs is 1. The van der Waals surface area contributed by atoms with Crippen LogP contribution in [0.15, 0.2) is 59.3 Å². The third-order valence-corrected chi connectivity index (χ3v) is 4.62. The van der Waals surface area contributed by atoms with Gasteiger partial charge in [-0.25, -0.2) is 0 Å². The second-order valence-electron chi connectivity index (χ2n) is 6.29. The zero-order valence-corrected chi connectivity index (χ0v) is 14.2. The standard InChI is InChI=1S/C20H19N3O2/c1-13-7-8-15(11-14(13)2)22-19-18-17(6-3-9-21-18)20(24)23(19)12-16-5-4-10-25-16/h3-11,19,22H,12H2,1-2H3. The van der Waals surface area contributed by atoms with Crippen molar-refractivity contribution in [1.29, 1.82) is 0 Å². The normalized spacial score (nSPS) is 16.2. The molecule has 1 atom stereocenters. The number of nitrogens with zero attached hydrogens (tertiary/aromatic N) is 2. The van der Waals surface area contributed by atoms with E-state index in [4.69, 9.17) is 4.42 Å². The van der Waals surface area contributed by atoms with Crippen LogP contribution in [0.3, 0.4) is 0 Å². The van der Waals surface area contributed by atoms with Crippen molar-refractivity contribution in [1.82, 2.24) is 9.88 Å². The SMILES string of the molecule is Cc1ccc(NC2c3ncccc3C(=O)N2Cc2ccco2)cc1C. The Morgan fingerprint density at radius 1 is 1.16 bits per heavy atom. The zero-order chi connectivity index (χ0) is 17.4. The maximum atomic E-state index is 12.8. The summed E-state index contributed by atoms with van der Waals surface area (Å²) in [5, 5.41) is 3.46. The fourth-order valence-electron chi connectivity index (χ4n) is 3.10. The highest BCUT2D eigenvalue weighted by Crippen LogP contribution is 2.34. The number of benzene rings is 1. The molecule has 1 N–H and O–H groups in total. The van der Waals surface area contributed by atoms with Gasteiger partial charge in [0.15, 0.2) is 0 Å². The molecule has 126 valence electrons. The lowest BCUT2D eigenvalue weighted by molar-refractivity contribution is 0.0714. The van der Waals surface area contributed by atoms with Crippen molar-refractivity contribution in [3.8, 4) is 0 Å². The van der Waals surface area contributed by atoms with Gasteiger partial charge < -0.3 is 14.6 Å². The number of nitrogens with one attached hydrogen (secondary N) is 1. The molecule has 1 aliphatic heterocycles. The number of hydrogen-bond acceptors (Lipinski definition) is 4. The maximum absolute atomic E-state index is 12.8. The molecule has 4 rings (SSSR count). The summed E-state index contributed by atoms with van der Waals surface area (Å²) >= 11 is 0. The molecule has 1 unspecified atom stereocenters. The van der Waals surface area contributed by atoms with Gasteiger partial charge in [0, 0.05) is 11.9 Å². The molecule has 0 bridgehead atoms. The lowest BCUT2D eigenvalue weighted by Crippen LogP contribution is -2.32. The molecule has 5 nitrogen and oxygen atoms in total. The molecule has 0 fully saturated rings. The van der Waals surface area contributed by atoms with Gasteiger partial charge in [0.1, 0.15) is 11.9 Å². The van der Waals surface area contributed by atoms with E-state index in [0.717, 1.165) is 17.1 Å². The summed E-state index contributed by atoms with van der Waals surface area (Å²) in [4.78, 5) is 19.1. The van der Waals surface area contributed by atoms with Gasteiger partial charge in [-0.3, -0.25) is 9.78 Å². The van der Waals surface area contributed by atoms with Gasteiger partial charge in [0.2, 0.25) is 0 Å². The third kappa shape index (κ3) is 2.78. The molecule has 0 spiro atoms. The van der Waals surface area contributed by atoms with E-state index in [2.05, 4.69) is 36.3 Å². The predicted octanol–water partition coefficient (Wildman–Crippen LogP) is 4.06. The van der Waals surface area contributed by atoms with Gasteiger partial charge >= 0.3 is 0 Å². The number of hydrogen-bond donors (Lipinski definition) is 1. The van der Waals surface area contributed by atoms with Crippen molar-refractivity contribution in [2.24, 2.45) is 0 Å². The molecule has 1 aromatic carbocycles. The second kappa shape index (κ2) is 6.09. The molecular formula is C20H19N3O2. The number of furan rings is 1. The van der Waals surface area contributed by atoms with E-state index in [1.807, 2.05) is 24.3 Å². The summed E-state index contributed by atoms with van der Waals surface area (Å²) in [5.41, 5.74) is 4.78. The van der Waals surface area contributed by atoms with Crippen molar-refractivity contribution in [3.05, 3.63) is 83.1 Å². The lowest BCUT2D eigenvalue weighted by Gasteiger charge is -2.26. The number of amides is 1. The Morgan fingerprint density at radius 3 is 2.80 bits per heavy atom. The Bertz CT molecular complexity index is 918. The van der Waals surface area contributed by atoms with Crippen LogP contribution < -0.4 is 5.32 Å². The van der Waals surface area contributed by atoms with Gasteiger partial charge in [-0.15, -0.1) is 0 Å². The first-order valence-corrected chi connectivity index (χ1v) is 8.25. The zero-order valence-electron chi connectivity index (χ0n) is 14.2. The first kappa shape index (κ1) is 15.4. The number of anilines is 1. The number of carbonyl (C=O) groups is 1. The minimum absolute atomic E-state index is 0.0409. The van der Waals surface area contributed by atoms with Gasteiger partial charge in [-0.05, 0) is 61.4 Å². The Morgan fingerprint density at radius 2 is 2.04 bits per heavy atom. The number of carbonyl (C=O) groups excluding carboxylic acids is 1. The fourth-order valence-corrected chi connectivity index (χ4v) is 3.10. The Kier molecular flexibility index (Phi) is 3.76. The third-order valence-electron chi connectivity index (χ3n) is 4.62. The van der Waals surface area contributed by atoms with Crippen molar-refractivity contribution < 1.29 is 9.21 Å². The van der Waals surface area contributed by atoms with Gasteiger partial charge in [0.25, 0.3) is 5.91 Å². The van der Waals surface area contributed by atoms with Gasteiger partial charge in [-0.2, -0.15) is 0 Å². The molecule has 2 aromatic heterocycles.